The highest BCUT2D eigenvalue weighted by Gasteiger charge is 2.23. The molecule has 1 aliphatic rings. The van der Waals surface area contributed by atoms with E-state index in [1.807, 2.05) is 30.3 Å². The van der Waals surface area contributed by atoms with E-state index in [0.29, 0.717) is 12.5 Å². The van der Waals surface area contributed by atoms with Crippen LogP contribution in [0.15, 0.2) is 54.6 Å². The summed E-state index contributed by atoms with van der Waals surface area (Å²) in [5.74, 6) is 0.185. The number of para-hydroxylation sites is 1. The minimum atomic E-state index is -0.219. The molecule has 1 fully saturated rings. The Balaban J connectivity index is 1.45. The molecule has 0 bridgehead atoms. The Hall–Kier alpha value is -2.56. The van der Waals surface area contributed by atoms with Gasteiger partial charge in [0.25, 0.3) is 0 Å². The van der Waals surface area contributed by atoms with Gasteiger partial charge in [-0.2, -0.15) is 0 Å². The number of urea groups is 1. The molecule has 4 nitrogen and oxygen atoms in total. The molecule has 0 saturated carbocycles. The quantitative estimate of drug-likeness (QED) is 0.908. The second kappa shape index (κ2) is 7.13. The number of amides is 2. The lowest BCUT2D eigenvalue weighted by molar-refractivity contribution is 0.250. The summed E-state index contributed by atoms with van der Waals surface area (Å²) in [6.45, 7) is 2.44. The van der Waals surface area contributed by atoms with E-state index in [2.05, 4.69) is 15.5 Å². The van der Waals surface area contributed by atoms with Gasteiger partial charge in [0.05, 0.1) is 0 Å². The summed E-state index contributed by atoms with van der Waals surface area (Å²) in [6, 6.07) is 15.8. The van der Waals surface area contributed by atoms with Gasteiger partial charge in [-0.1, -0.05) is 18.2 Å². The molecule has 2 N–H and O–H groups in total. The van der Waals surface area contributed by atoms with Crippen LogP contribution in [-0.2, 0) is 0 Å². The van der Waals surface area contributed by atoms with E-state index in [1.54, 1.807) is 12.1 Å². The molecule has 0 aliphatic carbocycles. The minimum absolute atomic E-state index is 0.184. The molecule has 1 aliphatic heterocycles. The number of halogens is 1. The first kappa shape index (κ1) is 15.3. The fraction of sp³-hybridized carbons (Fsp3) is 0.278. The largest absolute Gasteiger partial charge is 0.371 e. The summed E-state index contributed by atoms with van der Waals surface area (Å²) >= 11 is 0. The summed E-state index contributed by atoms with van der Waals surface area (Å²) in [5.41, 5.74) is 1.81. The van der Waals surface area contributed by atoms with Gasteiger partial charge in [0.15, 0.2) is 0 Å². The van der Waals surface area contributed by atoms with Crippen molar-refractivity contribution in [1.82, 2.24) is 5.32 Å². The number of hydrogen-bond donors (Lipinski definition) is 2. The van der Waals surface area contributed by atoms with Crippen molar-refractivity contribution in [2.24, 2.45) is 5.92 Å². The van der Waals surface area contributed by atoms with Crippen LogP contribution in [0.3, 0.4) is 0 Å². The molecule has 120 valence electrons. The van der Waals surface area contributed by atoms with Crippen molar-refractivity contribution < 1.29 is 9.18 Å². The average molecular weight is 313 g/mol. The van der Waals surface area contributed by atoms with Crippen molar-refractivity contribution in [3.05, 3.63) is 60.4 Å². The molecule has 1 unspecified atom stereocenters. The fourth-order valence-electron chi connectivity index (χ4n) is 2.82. The number of anilines is 2. The third-order valence-corrected chi connectivity index (χ3v) is 4.06. The molecule has 2 aromatic carbocycles. The first-order chi connectivity index (χ1) is 11.2. The van der Waals surface area contributed by atoms with Gasteiger partial charge in [0, 0.05) is 31.0 Å². The molecule has 2 aromatic rings. The fourth-order valence-corrected chi connectivity index (χ4v) is 2.82. The van der Waals surface area contributed by atoms with Gasteiger partial charge in [0.1, 0.15) is 5.82 Å². The van der Waals surface area contributed by atoms with Crippen LogP contribution in [0.1, 0.15) is 6.42 Å². The van der Waals surface area contributed by atoms with Crippen LogP contribution in [0.2, 0.25) is 0 Å². The number of carbonyl (C=O) groups is 1. The predicted molar refractivity (Wildman–Crippen MR) is 90.2 cm³/mol. The van der Waals surface area contributed by atoms with Gasteiger partial charge in [-0.25, -0.2) is 9.18 Å². The number of rotatable bonds is 4. The van der Waals surface area contributed by atoms with Gasteiger partial charge in [0.2, 0.25) is 0 Å². The number of nitrogens with one attached hydrogen (secondary N) is 2. The van der Waals surface area contributed by atoms with Crippen LogP contribution in [-0.4, -0.2) is 25.7 Å². The highest BCUT2D eigenvalue weighted by molar-refractivity contribution is 5.89. The van der Waals surface area contributed by atoms with Crippen LogP contribution in [0.4, 0.5) is 20.6 Å². The van der Waals surface area contributed by atoms with E-state index in [0.717, 1.165) is 30.9 Å². The van der Waals surface area contributed by atoms with E-state index in [-0.39, 0.29) is 11.8 Å². The Morgan fingerprint density at radius 2 is 1.87 bits per heavy atom. The topological polar surface area (TPSA) is 44.4 Å². The second-order valence-corrected chi connectivity index (χ2v) is 5.78. The highest BCUT2D eigenvalue weighted by Crippen LogP contribution is 2.23. The molecule has 2 amide bonds. The van der Waals surface area contributed by atoms with Gasteiger partial charge < -0.3 is 15.5 Å². The summed E-state index contributed by atoms with van der Waals surface area (Å²) < 4.78 is 13.0. The van der Waals surface area contributed by atoms with E-state index >= 15 is 0 Å². The molecule has 5 heteroatoms. The van der Waals surface area contributed by atoms with Gasteiger partial charge in [-0.15, -0.1) is 0 Å². The minimum Gasteiger partial charge on any atom is -0.371 e. The molecular formula is C18H20FN3O. The zero-order chi connectivity index (χ0) is 16.1. The molecular weight excluding hydrogens is 293 g/mol. The Morgan fingerprint density at radius 3 is 2.61 bits per heavy atom. The Bertz CT molecular complexity index is 645. The highest BCUT2D eigenvalue weighted by atomic mass is 19.1. The van der Waals surface area contributed by atoms with Crippen LogP contribution in [0.25, 0.3) is 0 Å². The lowest BCUT2D eigenvalue weighted by Crippen LogP contribution is -2.34. The van der Waals surface area contributed by atoms with Crippen LogP contribution >= 0.6 is 0 Å². The lowest BCUT2D eigenvalue weighted by atomic mass is 10.1. The van der Waals surface area contributed by atoms with Crippen molar-refractivity contribution in [2.75, 3.05) is 29.9 Å². The van der Waals surface area contributed by atoms with Crippen molar-refractivity contribution >= 4 is 17.4 Å². The second-order valence-electron chi connectivity index (χ2n) is 5.78. The molecule has 0 radical (unpaired) electrons. The van der Waals surface area contributed by atoms with Crippen molar-refractivity contribution in [3.8, 4) is 0 Å². The maximum atomic E-state index is 13.0. The number of carbonyl (C=O) groups excluding carboxylic acids is 1. The molecule has 1 heterocycles. The van der Waals surface area contributed by atoms with E-state index < -0.39 is 0 Å². The number of benzene rings is 2. The summed E-state index contributed by atoms with van der Waals surface area (Å²) in [4.78, 5) is 14.1. The summed E-state index contributed by atoms with van der Waals surface area (Å²) in [5, 5.41) is 5.73. The van der Waals surface area contributed by atoms with E-state index in [9.17, 15) is 9.18 Å². The monoisotopic (exact) mass is 313 g/mol. The van der Waals surface area contributed by atoms with Crippen LogP contribution in [0.5, 0.6) is 0 Å². The molecule has 23 heavy (non-hydrogen) atoms. The average Bonchev–Trinajstić information content (AvgIpc) is 3.04. The Morgan fingerprint density at radius 1 is 1.13 bits per heavy atom. The number of hydrogen-bond acceptors (Lipinski definition) is 2. The molecule has 1 saturated heterocycles. The van der Waals surface area contributed by atoms with E-state index in [4.69, 9.17) is 0 Å². The van der Waals surface area contributed by atoms with Crippen molar-refractivity contribution in [2.45, 2.75) is 6.42 Å². The van der Waals surface area contributed by atoms with Crippen molar-refractivity contribution in [3.63, 3.8) is 0 Å². The maximum Gasteiger partial charge on any atom is 0.319 e. The third-order valence-electron chi connectivity index (χ3n) is 4.06. The van der Waals surface area contributed by atoms with Gasteiger partial charge >= 0.3 is 6.03 Å². The maximum absolute atomic E-state index is 13.0. The molecule has 3 rings (SSSR count). The Kier molecular flexibility index (Phi) is 4.76. The Labute approximate surface area is 135 Å². The zero-order valence-electron chi connectivity index (χ0n) is 12.8. The molecule has 1 atom stereocenters. The number of nitrogens with zero attached hydrogens (tertiary/aromatic N) is 1. The molecule has 0 aromatic heterocycles. The van der Waals surface area contributed by atoms with Crippen molar-refractivity contribution in [1.29, 1.82) is 0 Å². The first-order valence-electron chi connectivity index (χ1n) is 7.81. The summed E-state index contributed by atoms with van der Waals surface area (Å²) in [7, 11) is 0. The van der Waals surface area contributed by atoms with Crippen LogP contribution in [0, 0.1) is 11.7 Å². The molecule has 0 spiro atoms. The van der Waals surface area contributed by atoms with E-state index in [1.165, 1.54) is 12.1 Å². The third kappa shape index (κ3) is 4.22. The van der Waals surface area contributed by atoms with Crippen LogP contribution < -0.4 is 15.5 Å². The first-order valence-corrected chi connectivity index (χ1v) is 7.81. The lowest BCUT2D eigenvalue weighted by Gasteiger charge is -2.19. The van der Waals surface area contributed by atoms with Gasteiger partial charge in [-0.3, -0.25) is 0 Å². The SMILES string of the molecule is O=C(NCC1CCN(c2ccc(F)cc2)C1)Nc1ccccc1. The van der Waals surface area contributed by atoms with Gasteiger partial charge in [-0.05, 0) is 48.7 Å². The zero-order valence-corrected chi connectivity index (χ0v) is 12.8. The predicted octanol–water partition coefficient (Wildman–Crippen LogP) is 3.47. The normalized spacial score (nSPS) is 17.1. The summed E-state index contributed by atoms with van der Waals surface area (Å²) in [6.07, 6.45) is 1.02. The standard InChI is InChI=1S/C18H20FN3O/c19-15-6-8-17(9-7-15)22-11-10-14(13-22)12-20-18(23)21-16-4-2-1-3-5-16/h1-9,14H,10-13H2,(H2,20,21,23). The smallest absolute Gasteiger partial charge is 0.319 e.